The molecule has 5 N–H and O–H groups in total. The molecule has 1 aromatic heterocycles. The van der Waals surface area contributed by atoms with Crippen LogP contribution < -0.4 is 21.3 Å². The zero-order valence-electron chi connectivity index (χ0n) is 29.6. The zero-order chi connectivity index (χ0) is 36.1. The standard InChI is InChI=1S/C32H57N5O8S2/c1-11-23(10)47(43,44)17-25(36-32(42)45-15-27-34-22(9)16-46-27)30(40)35-24(12-18(2)3)26(38)13-21(8)29(39)37-28(20(6)7)31(41)33-14-19(4)5/h16,18-21,23-26,28,38H,11-15,17H2,1-10H3,(H,33,41)(H,35,40)(H,36,42)(H,37,39)/t21-,23?,24-,25+,26+,28-/m1/s1. The molecule has 1 rings (SSSR count). The lowest BCUT2D eigenvalue weighted by Gasteiger charge is -2.30. The average Bonchev–Trinajstić information content (AvgIpc) is 3.40. The van der Waals surface area contributed by atoms with Crippen LogP contribution in [-0.4, -0.2) is 84.1 Å². The number of nitrogens with one attached hydrogen (secondary N) is 4. The van der Waals surface area contributed by atoms with Gasteiger partial charge in [-0.05, 0) is 50.9 Å². The number of amides is 4. The molecular weight excluding hydrogens is 647 g/mol. The summed E-state index contributed by atoms with van der Waals surface area (Å²) in [6.07, 6.45) is -1.59. The van der Waals surface area contributed by atoms with Gasteiger partial charge in [0.1, 0.15) is 23.7 Å². The number of aryl methyl sites for hydroxylation is 1. The molecule has 0 radical (unpaired) electrons. The van der Waals surface area contributed by atoms with E-state index in [0.717, 1.165) is 5.69 Å². The number of thiazole rings is 1. The number of aliphatic hydroxyl groups excluding tert-OH is 1. The summed E-state index contributed by atoms with van der Waals surface area (Å²) in [6, 6.07) is -3.12. The number of aliphatic hydroxyl groups is 1. The summed E-state index contributed by atoms with van der Waals surface area (Å²) in [5, 5.41) is 23.6. The molecule has 0 spiro atoms. The molecule has 47 heavy (non-hydrogen) atoms. The highest BCUT2D eigenvalue weighted by atomic mass is 32.2. The maximum atomic E-state index is 13.6. The van der Waals surface area contributed by atoms with E-state index < -0.39 is 68.9 Å². The Labute approximate surface area is 284 Å². The highest BCUT2D eigenvalue weighted by Gasteiger charge is 2.34. The van der Waals surface area contributed by atoms with Gasteiger partial charge in [0.25, 0.3) is 0 Å². The van der Waals surface area contributed by atoms with Crippen LogP contribution in [0.2, 0.25) is 0 Å². The van der Waals surface area contributed by atoms with Crippen LogP contribution in [0.3, 0.4) is 0 Å². The van der Waals surface area contributed by atoms with Crippen molar-refractivity contribution in [2.24, 2.45) is 23.7 Å². The van der Waals surface area contributed by atoms with Gasteiger partial charge in [0, 0.05) is 23.5 Å². The van der Waals surface area contributed by atoms with E-state index in [9.17, 15) is 32.7 Å². The third-order valence-electron chi connectivity index (χ3n) is 7.68. The van der Waals surface area contributed by atoms with Gasteiger partial charge in [0.15, 0.2) is 9.84 Å². The van der Waals surface area contributed by atoms with Crippen LogP contribution in [0, 0.1) is 30.6 Å². The number of aromatic nitrogens is 1. The fourth-order valence-electron chi connectivity index (χ4n) is 4.60. The maximum absolute atomic E-state index is 13.6. The fourth-order valence-corrected chi connectivity index (χ4v) is 6.81. The Morgan fingerprint density at radius 1 is 0.915 bits per heavy atom. The Kier molecular flexibility index (Phi) is 17.9. The van der Waals surface area contributed by atoms with E-state index in [1.165, 1.54) is 18.3 Å². The van der Waals surface area contributed by atoms with Gasteiger partial charge in [0.05, 0.1) is 23.1 Å². The van der Waals surface area contributed by atoms with Crippen LogP contribution in [-0.2, 0) is 35.6 Å². The number of carbonyl (C=O) groups excluding carboxylic acids is 4. The molecule has 15 heteroatoms. The van der Waals surface area contributed by atoms with Crippen LogP contribution in [0.4, 0.5) is 4.79 Å². The number of carbonyl (C=O) groups is 4. The molecule has 4 amide bonds. The second-order valence-corrected chi connectivity index (χ2v) is 16.9. The van der Waals surface area contributed by atoms with Gasteiger partial charge in [-0.1, -0.05) is 55.4 Å². The Morgan fingerprint density at radius 3 is 2.06 bits per heavy atom. The topological polar surface area (TPSA) is 193 Å². The number of nitrogens with zero attached hydrogens (tertiary/aromatic N) is 1. The highest BCUT2D eigenvalue weighted by molar-refractivity contribution is 7.92. The lowest BCUT2D eigenvalue weighted by molar-refractivity contribution is -0.132. The first-order valence-corrected chi connectivity index (χ1v) is 19.0. The Morgan fingerprint density at radius 2 is 1.55 bits per heavy atom. The van der Waals surface area contributed by atoms with Crippen molar-refractivity contribution in [2.75, 3.05) is 12.3 Å². The first-order chi connectivity index (χ1) is 21.8. The van der Waals surface area contributed by atoms with Gasteiger partial charge in [-0.15, -0.1) is 11.3 Å². The quantitative estimate of drug-likeness (QED) is 0.136. The summed E-state index contributed by atoms with van der Waals surface area (Å²) in [5.74, 6) is -2.82. The predicted octanol–water partition coefficient (Wildman–Crippen LogP) is 3.09. The van der Waals surface area contributed by atoms with Crippen molar-refractivity contribution in [1.82, 2.24) is 26.3 Å². The van der Waals surface area contributed by atoms with Gasteiger partial charge < -0.3 is 31.1 Å². The van der Waals surface area contributed by atoms with Crippen molar-refractivity contribution < 1.29 is 37.4 Å². The van der Waals surface area contributed by atoms with Crippen molar-refractivity contribution in [3.63, 3.8) is 0 Å². The predicted molar refractivity (Wildman–Crippen MR) is 183 cm³/mol. The van der Waals surface area contributed by atoms with Crippen molar-refractivity contribution in [3.05, 3.63) is 16.1 Å². The van der Waals surface area contributed by atoms with Crippen molar-refractivity contribution in [3.8, 4) is 0 Å². The van der Waals surface area contributed by atoms with E-state index in [1.807, 2.05) is 41.5 Å². The van der Waals surface area contributed by atoms with Crippen LogP contribution in [0.15, 0.2) is 5.38 Å². The van der Waals surface area contributed by atoms with E-state index in [-0.39, 0.29) is 36.7 Å². The number of ether oxygens (including phenoxy) is 1. The van der Waals surface area contributed by atoms with Crippen LogP contribution in [0.5, 0.6) is 0 Å². The Hall–Kier alpha value is -2.78. The molecule has 13 nitrogen and oxygen atoms in total. The normalized spacial score (nSPS) is 15.8. The monoisotopic (exact) mass is 703 g/mol. The zero-order valence-corrected chi connectivity index (χ0v) is 31.2. The van der Waals surface area contributed by atoms with Gasteiger partial charge in [-0.3, -0.25) is 14.4 Å². The number of hydrogen-bond donors (Lipinski definition) is 5. The van der Waals surface area contributed by atoms with Crippen molar-refractivity contribution >= 4 is 45.0 Å². The molecule has 1 aromatic rings. The van der Waals surface area contributed by atoms with E-state index in [2.05, 4.69) is 26.3 Å². The maximum Gasteiger partial charge on any atom is 0.408 e. The van der Waals surface area contributed by atoms with E-state index in [0.29, 0.717) is 24.4 Å². The highest BCUT2D eigenvalue weighted by Crippen LogP contribution is 2.18. The Bertz CT molecular complexity index is 1270. The molecule has 0 aliphatic heterocycles. The Balaban J connectivity index is 3.08. The van der Waals surface area contributed by atoms with Crippen LogP contribution >= 0.6 is 11.3 Å². The first kappa shape index (κ1) is 42.2. The summed E-state index contributed by atoms with van der Waals surface area (Å²) in [4.78, 5) is 56.3. The second kappa shape index (κ2) is 19.9. The second-order valence-electron chi connectivity index (χ2n) is 13.5. The number of rotatable bonds is 20. The third kappa shape index (κ3) is 15.3. The third-order valence-corrected chi connectivity index (χ3v) is 11.0. The lowest BCUT2D eigenvalue weighted by atomic mass is 9.91. The summed E-state index contributed by atoms with van der Waals surface area (Å²) < 4.78 is 31.2. The molecule has 1 unspecified atom stereocenters. The molecule has 0 saturated heterocycles. The lowest BCUT2D eigenvalue weighted by Crippen LogP contribution is -2.56. The SMILES string of the molecule is CCC(C)S(=O)(=O)C[C@H](NC(=O)OCc1nc(C)cs1)C(=O)N[C@H](CC(C)C)[C@@H](O)C[C@@H](C)C(=O)N[C@@H](C(=O)NCC(C)C)C(C)C. The first-order valence-electron chi connectivity index (χ1n) is 16.4. The van der Waals surface area contributed by atoms with E-state index in [4.69, 9.17) is 4.74 Å². The number of sulfone groups is 1. The van der Waals surface area contributed by atoms with Gasteiger partial charge in [-0.2, -0.15) is 0 Å². The minimum atomic E-state index is -3.80. The molecule has 0 aliphatic rings. The molecule has 6 atom stereocenters. The summed E-state index contributed by atoms with van der Waals surface area (Å²) >= 11 is 1.30. The minimum Gasteiger partial charge on any atom is -0.442 e. The minimum absolute atomic E-state index is 0.0102. The van der Waals surface area contributed by atoms with Gasteiger partial charge in [0.2, 0.25) is 17.7 Å². The fraction of sp³-hybridized carbons (Fsp3) is 0.781. The van der Waals surface area contributed by atoms with Crippen LogP contribution in [0.25, 0.3) is 0 Å². The molecule has 1 heterocycles. The van der Waals surface area contributed by atoms with E-state index >= 15 is 0 Å². The molecule has 0 bridgehead atoms. The summed E-state index contributed by atoms with van der Waals surface area (Å²) in [7, 11) is -3.80. The number of alkyl carbamates (subject to hydrolysis) is 1. The average molecular weight is 704 g/mol. The van der Waals surface area contributed by atoms with Crippen molar-refractivity contribution in [1.29, 1.82) is 0 Å². The summed E-state index contributed by atoms with van der Waals surface area (Å²) in [5.41, 5.74) is 0.763. The molecule has 0 aliphatic carbocycles. The summed E-state index contributed by atoms with van der Waals surface area (Å²) in [6.45, 7) is 18.4. The van der Waals surface area contributed by atoms with E-state index in [1.54, 1.807) is 26.2 Å². The van der Waals surface area contributed by atoms with Gasteiger partial charge in [-0.25, -0.2) is 18.2 Å². The van der Waals surface area contributed by atoms with Crippen LogP contribution in [0.1, 0.15) is 92.3 Å². The molecule has 0 aromatic carbocycles. The molecule has 0 fully saturated rings. The smallest absolute Gasteiger partial charge is 0.408 e. The molecule has 270 valence electrons. The number of hydrogen-bond acceptors (Lipinski definition) is 10. The van der Waals surface area contributed by atoms with Gasteiger partial charge >= 0.3 is 6.09 Å². The molecule has 0 saturated carbocycles. The largest absolute Gasteiger partial charge is 0.442 e. The molecular formula is C32H57N5O8S2. The van der Waals surface area contributed by atoms with Crippen molar-refractivity contribution in [2.45, 2.75) is 125 Å².